The lowest BCUT2D eigenvalue weighted by Gasteiger charge is -2.38. The molecule has 31 heavy (non-hydrogen) atoms. The number of benzene rings is 1. The number of aromatic nitrogens is 2. The molecule has 2 aliphatic rings. The lowest BCUT2D eigenvalue weighted by molar-refractivity contribution is -0.139. The molecule has 1 saturated heterocycles. The molecule has 1 aromatic carbocycles. The Morgan fingerprint density at radius 1 is 1.13 bits per heavy atom. The van der Waals surface area contributed by atoms with E-state index in [1.807, 2.05) is 11.8 Å². The SMILES string of the molecule is C[C@@H]1CN(c2cc(C(N)=O)ncn2)CC[C@@H]1C(=O)N1N=CC[C@H]1c1cc(F)cc(F)c1. The maximum Gasteiger partial charge on any atom is 0.267 e. The fraction of sp³-hybridized carbons (Fsp3) is 0.381. The largest absolute Gasteiger partial charge is 0.364 e. The highest BCUT2D eigenvalue weighted by Crippen LogP contribution is 2.34. The Labute approximate surface area is 177 Å². The van der Waals surface area contributed by atoms with Gasteiger partial charge in [-0.1, -0.05) is 6.92 Å². The molecule has 2 aromatic rings. The van der Waals surface area contributed by atoms with Gasteiger partial charge in [0.15, 0.2) is 0 Å². The Morgan fingerprint density at radius 3 is 2.55 bits per heavy atom. The highest BCUT2D eigenvalue weighted by Gasteiger charge is 2.38. The van der Waals surface area contributed by atoms with Crippen LogP contribution in [-0.2, 0) is 4.79 Å². The molecule has 0 bridgehead atoms. The molecule has 3 heterocycles. The molecule has 0 saturated carbocycles. The van der Waals surface area contributed by atoms with Crippen LogP contribution >= 0.6 is 0 Å². The zero-order chi connectivity index (χ0) is 22.1. The van der Waals surface area contributed by atoms with Crippen LogP contribution in [0.5, 0.6) is 0 Å². The monoisotopic (exact) mass is 428 g/mol. The molecule has 0 aliphatic carbocycles. The molecule has 162 valence electrons. The number of carbonyl (C=O) groups excluding carboxylic acids is 2. The molecule has 1 aromatic heterocycles. The van der Waals surface area contributed by atoms with Crippen LogP contribution in [0.2, 0.25) is 0 Å². The minimum Gasteiger partial charge on any atom is -0.364 e. The van der Waals surface area contributed by atoms with Gasteiger partial charge < -0.3 is 10.6 Å². The average molecular weight is 428 g/mol. The van der Waals surface area contributed by atoms with Gasteiger partial charge >= 0.3 is 0 Å². The smallest absolute Gasteiger partial charge is 0.267 e. The van der Waals surface area contributed by atoms with Crippen LogP contribution in [0.15, 0.2) is 35.7 Å². The number of amides is 2. The maximum atomic E-state index is 13.7. The lowest BCUT2D eigenvalue weighted by atomic mass is 9.85. The van der Waals surface area contributed by atoms with E-state index in [0.29, 0.717) is 37.3 Å². The van der Waals surface area contributed by atoms with Crippen molar-refractivity contribution in [1.29, 1.82) is 0 Å². The van der Waals surface area contributed by atoms with Gasteiger partial charge in [0.2, 0.25) is 5.91 Å². The zero-order valence-corrected chi connectivity index (χ0v) is 16.9. The number of hydrazone groups is 1. The minimum absolute atomic E-state index is 0.0334. The van der Waals surface area contributed by atoms with Crippen molar-refractivity contribution in [3.63, 3.8) is 0 Å². The molecule has 2 N–H and O–H groups in total. The first-order valence-electron chi connectivity index (χ1n) is 10.0. The van der Waals surface area contributed by atoms with E-state index in [4.69, 9.17) is 5.73 Å². The Balaban J connectivity index is 1.48. The van der Waals surface area contributed by atoms with Crippen LogP contribution < -0.4 is 10.6 Å². The lowest BCUT2D eigenvalue weighted by Crippen LogP contribution is -2.46. The van der Waals surface area contributed by atoms with Crippen LogP contribution in [0.3, 0.4) is 0 Å². The van der Waals surface area contributed by atoms with Crippen LogP contribution in [0.25, 0.3) is 0 Å². The van der Waals surface area contributed by atoms with E-state index in [-0.39, 0.29) is 23.4 Å². The van der Waals surface area contributed by atoms with Gasteiger partial charge in [-0.15, -0.1) is 0 Å². The number of primary amides is 1. The molecule has 0 spiro atoms. The Hall–Kier alpha value is -3.43. The van der Waals surface area contributed by atoms with E-state index >= 15 is 0 Å². The molecule has 4 rings (SSSR count). The second kappa shape index (κ2) is 8.37. The molecule has 2 aliphatic heterocycles. The minimum atomic E-state index is -0.684. The van der Waals surface area contributed by atoms with Crippen LogP contribution in [-0.4, -0.2) is 46.1 Å². The number of nitrogens with two attached hydrogens (primary N) is 1. The summed E-state index contributed by atoms with van der Waals surface area (Å²) < 4.78 is 27.4. The second-order valence-corrected chi connectivity index (χ2v) is 7.88. The third-order valence-electron chi connectivity index (χ3n) is 5.78. The van der Waals surface area contributed by atoms with Crippen LogP contribution in [0, 0.1) is 23.5 Å². The summed E-state index contributed by atoms with van der Waals surface area (Å²) in [5, 5.41) is 5.55. The fourth-order valence-electron chi connectivity index (χ4n) is 4.22. The van der Waals surface area contributed by atoms with E-state index in [9.17, 15) is 18.4 Å². The van der Waals surface area contributed by atoms with Crippen LogP contribution in [0.1, 0.15) is 41.9 Å². The summed E-state index contributed by atoms with van der Waals surface area (Å²) >= 11 is 0. The number of anilines is 1. The van der Waals surface area contributed by atoms with Crippen molar-refractivity contribution in [1.82, 2.24) is 15.0 Å². The average Bonchev–Trinajstić information content (AvgIpc) is 3.22. The second-order valence-electron chi connectivity index (χ2n) is 7.88. The standard InChI is InChI=1S/C21H22F2N6O2/c1-12-10-28(19-9-17(20(24)30)25-11-26-19)5-3-16(12)21(31)29-18(2-4-27-29)13-6-14(22)8-15(23)7-13/h4,6-9,11-12,16,18H,2-3,5,10H2,1H3,(H2,24,30)/t12-,16+,18+/m1/s1. The highest BCUT2D eigenvalue weighted by atomic mass is 19.1. The molecule has 0 radical (unpaired) electrons. The van der Waals surface area contributed by atoms with E-state index in [0.717, 1.165) is 6.07 Å². The predicted molar refractivity (Wildman–Crippen MR) is 109 cm³/mol. The van der Waals surface area contributed by atoms with Gasteiger partial charge in [-0.25, -0.2) is 23.8 Å². The van der Waals surface area contributed by atoms with Gasteiger partial charge in [-0.05, 0) is 30.0 Å². The third kappa shape index (κ3) is 4.23. The van der Waals surface area contributed by atoms with E-state index in [1.54, 1.807) is 6.21 Å². The van der Waals surface area contributed by atoms with Gasteiger partial charge in [-0.3, -0.25) is 9.59 Å². The Bertz CT molecular complexity index is 1030. The molecule has 3 atom stereocenters. The number of rotatable bonds is 4. The van der Waals surface area contributed by atoms with Crippen molar-refractivity contribution in [3.05, 3.63) is 53.5 Å². The summed E-state index contributed by atoms with van der Waals surface area (Å²) in [6.45, 7) is 3.05. The van der Waals surface area contributed by atoms with E-state index < -0.39 is 23.6 Å². The number of halogens is 2. The number of hydrogen-bond donors (Lipinski definition) is 1. The molecular weight excluding hydrogens is 406 g/mol. The number of hydrogen-bond acceptors (Lipinski definition) is 6. The normalized spacial score (nSPS) is 23.3. The molecular formula is C21H22F2N6O2. The topological polar surface area (TPSA) is 105 Å². The number of nitrogens with zero attached hydrogens (tertiary/aromatic N) is 5. The first kappa shape index (κ1) is 20.8. The van der Waals surface area contributed by atoms with Gasteiger partial charge in [0, 0.05) is 43.8 Å². The molecule has 2 amide bonds. The molecule has 0 unspecified atom stereocenters. The highest BCUT2D eigenvalue weighted by molar-refractivity contribution is 5.91. The van der Waals surface area contributed by atoms with Crippen molar-refractivity contribution in [2.75, 3.05) is 18.0 Å². The van der Waals surface area contributed by atoms with Crippen molar-refractivity contribution < 1.29 is 18.4 Å². The maximum absolute atomic E-state index is 13.7. The summed E-state index contributed by atoms with van der Waals surface area (Å²) in [4.78, 5) is 34.7. The molecule has 8 nitrogen and oxygen atoms in total. The summed E-state index contributed by atoms with van der Waals surface area (Å²) in [5.41, 5.74) is 5.81. The van der Waals surface area contributed by atoms with Crippen LogP contribution in [0.4, 0.5) is 14.6 Å². The van der Waals surface area contributed by atoms with Crippen molar-refractivity contribution in [3.8, 4) is 0 Å². The Kier molecular flexibility index (Phi) is 5.62. The summed E-state index contributed by atoms with van der Waals surface area (Å²) in [6, 6.07) is 4.29. The van der Waals surface area contributed by atoms with Crippen molar-refractivity contribution >= 4 is 23.8 Å². The van der Waals surface area contributed by atoms with Gasteiger partial charge in [-0.2, -0.15) is 5.10 Å². The zero-order valence-electron chi connectivity index (χ0n) is 16.9. The Morgan fingerprint density at radius 2 is 1.87 bits per heavy atom. The van der Waals surface area contributed by atoms with Gasteiger partial charge in [0.05, 0.1) is 6.04 Å². The number of carbonyl (C=O) groups is 2. The summed E-state index contributed by atoms with van der Waals surface area (Å²) in [7, 11) is 0. The first-order valence-corrected chi connectivity index (χ1v) is 10.0. The van der Waals surface area contributed by atoms with E-state index in [1.165, 1.54) is 29.5 Å². The summed E-state index contributed by atoms with van der Waals surface area (Å²) in [6.07, 6.45) is 3.83. The van der Waals surface area contributed by atoms with Crippen molar-refractivity contribution in [2.45, 2.75) is 25.8 Å². The molecule has 1 fully saturated rings. The molecule has 10 heteroatoms. The first-order chi connectivity index (χ1) is 14.8. The third-order valence-corrected chi connectivity index (χ3v) is 5.78. The predicted octanol–water partition coefficient (Wildman–Crippen LogP) is 2.28. The van der Waals surface area contributed by atoms with Gasteiger partial charge in [0.25, 0.3) is 5.91 Å². The number of piperidine rings is 1. The summed E-state index contributed by atoms with van der Waals surface area (Å²) in [5.74, 6) is -1.93. The van der Waals surface area contributed by atoms with Gasteiger partial charge in [0.1, 0.15) is 29.5 Å². The quantitative estimate of drug-likeness (QED) is 0.805. The van der Waals surface area contributed by atoms with E-state index in [2.05, 4.69) is 15.1 Å². The van der Waals surface area contributed by atoms with Crippen molar-refractivity contribution in [2.24, 2.45) is 22.7 Å². The fourth-order valence-corrected chi connectivity index (χ4v) is 4.22.